The van der Waals surface area contributed by atoms with Crippen LogP contribution in [0.3, 0.4) is 0 Å². The maximum Gasteiger partial charge on any atom is 0.179 e. The Morgan fingerprint density at radius 3 is 2.36 bits per heavy atom. The minimum Gasteiger partial charge on any atom is -0.321 e. The van der Waals surface area contributed by atoms with Gasteiger partial charge in [0.05, 0.1) is 6.04 Å². The van der Waals surface area contributed by atoms with E-state index in [0.29, 0.717) is 11.5 Å². The standard InChI is InChI=1S/C12H17NO/c1-9(2)8-11(13)12(14)10-6-4-3-5-7-10/h3-7,9,11H,8,13H2,1-2H3. The van der Waals surface area contributed by atoms with Crippen LogP contribution >= 0.6 is 0 Å². The molecule has 0 aliphatic rings. The van der Waals surface area contributed by atoms with Crippen LogP contribution in [0.25, 0.3) is 0 Å². The highest BCUT2D eigenvalue weighted by atomic mass is 16.1. The van der Waals surface area contributed by atoms with Gasteiger partial charge in [-0.15, -0.1) is 0 Å². The highest BCUT2D eigenvalue weighted by Gasteiger charge is 2.16. The number of benzene rings is 1. The van der Waals surface area contributed by atoms with E-state index >= 15 is 0 Å². The molecule has 1 aromatic rings. The molecule has 0 bridgehead atoms. The molecule has 1 atom stereocenters. The molecule has 14 heavy (non-hydrogen) atoms. The minimum absolute atomic E-state index is 0.0410. The van der Waals surface area contributed by atoms with Gasteiger partial charge in [0.2, 0.25) is 0 Å². The fourth-order valence-corrected chi connectivity index (χ4v) is 1.43. The molecule has 0 fully saturated rings. The Hall–Kier alpha value is -1.15. The Kier molecular flexibility index (Phi) is 3.84. The number of ketones is 1. The van der Waals surface area contributed by atoms with Crippen molar-refractivity contribution in [2.45, 2.75) is 26.3 Å². The third kappa shape index (κ3) is 2.96. The molecule has 0 radical (unpaired) electrons. The molecule has 0 heterocycles. The van der Waals surface area contributed by atoms with Gasteiger partial charge >= 0.3 is 0 Å². The summed E-state index contributed by atoms with van der Waals surface area (Å²) in [5.74, 6) is 0.497. The fraction of sp³-hybridized carbons (Fsp3) is 0.417. The van der Waals surface area contributed by atoms with Crippen LogP contribution in [-0.2, 0) is 0 Å². The van der Waals surface area contributed by atoms with Gasteiger partial charge in [-0.05, 0) is 12.3 Å². The molecule has 0 saturated carbocycles. The van der Waals surface area contributed by atoms with E-state index in [-0.39, 0.29) is 11.8 Å². The molecule has 0 aliphatic carbocycles. The van der Waals surface area contributed by atoms with Gasteiger partial charge in [0.1, 0.15) is 0 Å². The molecule has 0 amide bonds. The van der Waals surface area contributed by atoms with Crippen molar-refractivity contribution < 1.29 is 4.79 Å². The summed E-state index contributed by atoms with van der Waals surface area (Å²) in [5.41, 5.74) is 6.51. The zero-order chi connectivity index (χ0) is 10.6. The molecule has 2 heteroatoms. The molecule has 2 N–H and O–H groups in total. The highest BCUT2D eigenvalue weighted by molar-refractivity contribution is 5.99. The average Bonchev–Trinajstić information content (AvgIpc) is 2.17. The monoisotopic (exact) mass is 191 g/mol. The molecule has 76 valence electrons. The molecule has 0 aliphatic heterocycles. The smallest absolute Gasteiger partial charge is 0.179 e. The Bertz CT molecular complexity index is 292. The van der Waals surface area contributed by atoms with Crippen molar-refractivity contribution in [1.29, 1.82) is 0 Å². The molecule has 0 saturated heterocycles. The second kappa shape index (κ2) is 4.91. The van der Waals surface area contributed by atoms with Crippen LogP contribution in [0.2, 0.25) is 0 Å². The van der Waals surface area contributed by atoms with E-state index in [1.807, 2.05) is 30.3 Å². The predicted octanol–water partition coefficient (Wildman–Crippen LogP) is 2.24. The number of nitrogens with two attached hydrogens (primary N) is 1. The maximum atomic E-state index is 11.8. The summed E-state index contributed by atoms with van der Waals surface area (Å²) in [5, 5.41) is 0. The van der Waals surface area contributed by atoms with Crippen LogP contribution in [0, 0.1) is 5.92 Å². The van der Waals surface area contributed by atoms with Gasteiger partial charge < -0.3 is 5.73 Å². The summed E-state index contributed by atoms with van der Waals surface area (Å²) < 4.78 is 0. The van der Waals surface area contributed by atoms with Gasteiger partial charge in [-0.3, -0.25) is 4.79 Å². The normalized spacial score (nSPS) is 12.9. The van der Waals surface area contributed by atoms with E-state index in [1.54, 1.807) is 0 Å². The molecule has 1 unspecified atom stereocenters. The molecule has 0 aromatic heterocycles. The summed E-state index contributed by atoms with van der Waals surface area (Å²) in [6, 6.07) is 8.86. The molecule has 2 nitrogen and oxygen atoms in total. The van der Waals surface area contributed by atoms with Gasteiger partial charge in [-0.2, -0.15) is 0 Å². The third-order valence-electron chi connectivity index (χ3n) is 2.12. The van der Waals surface area contributed by atoms with E-state index in [4.69, 9.17) is 5.73 Å². The van der Waals surface area contributed by atoms with Gasteiger partial charge in [-0.25, -0.2) is 0 Å². The van der Waals surface area contributed by atoms with Crippen molar-refractivity contribution in [3.05, 3.63) is 35.9 Å². The lowest BCUT2D eigenvalue weighted by molar-refractivity contribution is 0.0951. The molecular weight excluding hydrogens is 174 g/mol. The first kappa shape index (κ1) is 10.9. The van der Waals surface area contributed by atoms with E-state index in [9.17, 15) is 4.79 Å². The second-order valence-electron chi connectivity index (χ2n) is 3.97. The zero-order valence-corrected chi connectivity index (χ0v) is 8.73. The van der Waals surface area contributed by atoms with Crippen molar-refractivity contribution in [3.8, 4) is 0 Å². The topological polar surface area (TPSA) is 43.1 Å². The molecular formula is C12H17NO. The second-order valence-corrected chi connectivity index (χ2v) is 3.97. The van der Waals surface area contributed by atoms with Crippen LogP contribution in [0.4, 0.5) is 0 Å². The van der Waals surface area contributed by atoms with Gasteiger partial charge in [0.15, 0.2) is 5.78 Å². The van der Waals surface area contributed by atoms with Crippen LogP contribution in [0.1, 0.15) is 30.6 Å². The average molecular weight is 191 g/mol. The predicted molar refractivity (Wildman–Crippen MR) is 58.2 cm³/mol. The van der Waals surface area contributed by atoms with Crippen molar-refractivity contribution >= 4 is 5.78 Å². The van der Waals surface area contributed by atoms with Crippen molar-refractivity contribution in [2.75, 3.05) is 0 Å². The summed E-state index contributed by atoms with van der Waals surface area (Å²) >= 11 is 0. The zero-order valence-electron chi connectivity index (χ0n) is 8.73. The van der Waals surface area contributed by atoms with Crippen LogP contribution in [0.5, 0.6) is 0 Å². The van der Waals surface area contributed by atoms with Crippen molar-refractivity contribution in [1.82, 2.24) is 0 Å². The van der Waals surface area contributed by atoms with Crippen molar-refractivity contribution in [2.24, 2.45) is 11.7 Å². The quantitative estimate of drug-likeness (QED) is 0.742. The Morgan fingerprint density at radius 2 is 1.86 bits per heavy atom. The lowest BCUT2D eigenvalue weighted by Crippen LogP contribution is -2.31. The van der Waals surface area contributed by atoms with Gasteiger partial charge in [-0.1, -0.05) is 44.2 Å². The van der Waals surface area contributed by atoms with Crippen LogP contribution < -0.4 is 5.73 Å². The third-order valence-corrected chi connectivity index (χ3v) is 2.12. The summed E-state index contributed by atoms with van der Waals surface area (Å²) in [6.45, 7) is 4.14. The molecule has 0 spiro atoms. The Balaban J connectivity index is 2.66. The van der Waals surface area contributed by atoms with Crippen LogP contribution in [-0.4, -0.2) is 11.8 Å². The van der Waals surface area contributed by atoms with Crippen LogP contribution in [0.15, 0.2) is 30.3 Å². The first-order valence-corrected chi connectivity index (χ1v) is 4.96. The first-order valence-electron chi connectivity index (χ1n) is 4.96. The summed E-state index contributed by atoms with van der Waals surface area (Å²) in [4.78, 5) is 11.8. The number of carbonyl (C=O) groups excluding carboxylic acids is 1. The molecule has 1 rings (SSSR count). The van der Waals surface area contributed by atoms with Gasteiger partial charge in [0.25, 0.3) is 0 Å². The number of carbonyl (C=O) groups is 1. The first-order chi connectivity index (χ1) is 6.61. The lowest BCUT2D eigenvalue weighted by atomic mass is 9.97. The largest absolute Gasteiger partial charge is 0.321 e. The Morgan fingerprint density at radius 1 is 1.29 bits per heavy atom. The van der Waals surface area contributed by atoms with E-state index < -0.39 is 0 Å². The Labute approximate surface area is 85.1 Å². The summed E-state index contributed by atoms with van der Waals surface area (Å²) in [7, 11) is 0. The fourth-order valence-electron chi connectivity index (χ4n) is 1.43. The lowest BCUT2D eigenvalue weighted by Gasteiger charge is -2.12. The highest BCUT2D eigenvalue weighted by Crippen LogP contribution is 2.09. The number of rotatable bonds is 4. The SMILES string of the molecule is CC(C)CC(N)C(=O)c1ccccc1. The number of hydrogen-bond acceptors (Lipinski definition) is 2. The van der Waals surface area contributed by atoms with E-state index in [2.05, 4.69) is 13.8 Å². The van der Waals surface area contributed by atoms with Crippen molar-refractivity contribution in [3.63, 3.8) is 0 Å². The number of Topliss-reactive ketones (excluding diaryl/α,β-unsaturated/α-hetero) is 1. The maximum absolute atomic E-state index is 11.8. The minimum atomic E-state index is -0.364. The molecule has 1 aromatic carbocycles. The summed E-state index contributed by atoms with van der Waals surface area (Å²) in [6.07, 6.45) is 0.744. The number of hydrogen-bond donors (Lipinski definition) is 1. The van der Waals surface area contributed by atoms with E-state index in [1.165, 1.54) is 0 Å². The van der Waals surface area contributed by atoms with Gasteiger partial charge in [0, 0.05) is 5.56 Å². The van der Waals surface area contributed by atoms with E-state index in [0.717, 1.165) is 6.42 Å².